The van der Waals surface area contributed by atoms with Crippen molar-refractivity contribution in [1.82, 2.24) is 9.55 Å². The van der Waals surface area contributed by atoms with E-state index in [0.717, 1.165) is 22.3 Å². The highest BCUT2D eigenvalue weighted by molar-refractivity contribution is 7.98. The number of benzene rings is 3. The van der Waals surface area contributed by atoms with Crippen LogP contribution >= 0.6 is 11.8 Å². The van der Waals surface area contributed by atoms with Crippen LogP contribution in [0.1, 0.15) is 18.1 Å². The van der Waals surface area contributed by atoms with Crippen molar-refractivity contribution in [1.29, 1.82) is 0 Å². The van der Waals surface area contributed by atoms with Crippen LogP contribution in [0, 0.1) is 6.92 Å². The number of ether oxygens (including phenoxy) is 1. The van der Waals surface area contributed by atoms with Crippen LogP contribution in [0.2, 0.25) is 0 Å². The normalized spacial score (nSPS) is 11.2. The molecule has 0 aliphatic heterocycles. The molecule has 6 nitrogen and oxygen atoms in total. The van der Waals surface area contributed by atoms with E-state index in [2.05, 4.69) is 0 Å². The van der Waals surface area contributed by atoms with Gasteiger partial charge in [0.1, 0.15) is 11.3 Å². The standard InChI is InChI=1S/C27H22N2O4S/c1-3-32-20-11-9-19(10-12-20)29-26(31)22-6-4-5-7-23(22)28-27(29)34-16-18-15-25(30)33-24-14-17(2)8-13-21(18)24/h4-15H,3,16H2,1-2H3. The fourth-order valence-corrected chi connectivity index (χ4v) is 4.90. The zero-order valence-corrected chi connectivity index (χ0v) is 19.6. The Morgan fingerprint density at radius 2 is 1.76 bits per heavy atom. The topological polar surface area (TPSA) is 74.3 Å². The second-order valence-electron chi connectivity index (χ2n) is 7.86. The number of rotatable bonds is 6. The molecule has 0 bridgehead atoms. The van der Waals surface area contributed by atoms with Gasteiger partial charge in [-0.3, -0.25) is 9.36 Å². The van der Waals surface area contributed by atoms with Crippen LogP contribution in [-0.4, -0.2) is 16.2 Å². The molecule has 0 aliphatic rings. The Bertz CT molecular complexity index is 1620. The van der Waals surface area contributed by atoms with Gasteiger partial charge in [0.15, 0.2) is 5.16 Å². The molecule has 0 atom stereocenters. The van der Waals surface area contributed by atoms with Crippen molar-refractivity contribution in [2.75, 3.05) is 6.61 Å². The molecule has 2 heterocycles. The van der Waals surface area contributed by atoms with E-state index in [0.29, 0.717) is 39.7 Å². The van der Waals surface area contributed by atoms with Crippen molar-refractivity contribution in [2.24, 2.45) is 0 Å². The van der Waals surface area contributed by atoms with Crippen LogP contribution in [0.5, 0.6) is 5.75 Å². The van der Waals surface area contributed by atoms with Gasteiger partial charge in [0.25, 0.3) is 5.56 Å². The molecule has 0 saturated carbocycles. The summed E-state index contributed by atoms with van der Waals surface area (Å²) in [5.41, 5.74) is 3.18. The summed E-state index contributed by atoms with van der Waals surface area (Å²) in [6, 6.07) is 22.0. The van der Waals surface area contributed by atoms with E-state index in [-0.39, 0.29) is 5.56 Å². The molecule has 0 fully saturated rings. The Hall–Kier alpha value is -3.84. The van der Waals surface area contributed by atoms with E-state index in [9.17, 15) is 9.59 Å². The van der Waals surface area contributed by atoms with Crippen LogP contribution in [0.15, 0.2) is 92.0 Å². The first-order valence-corrected chi connectivity index (χ1v) is 11.9. The van der Waals surface area contributed by atoms with Crippen LogP contribution in [0.3, 0.4) is 0 Å². The second kappa shape index (κ2) is 9.19. The van der Waals surface area contributed by atoms with Gasteiger partial charge in [-0.05, 0) is 67.4 Å². The van der Waals surface area contributed by atoms with Crippen LogP contribution in [0.25, 0.3) is 27.6 Å². The summed E-state index contributed by atoms with van der Waals surface area (Å²) in [6.07, 6.45) is 0. The molecular formula is C27H22N2O4S. The number of hydrogen-bond acceptors (Lipinski definition) is 6. The van der Waals surface area contributed by atoms with Gasteiger partial charge in [0.2, 0.25) is 0 Å². The SMILES string of the molecule is CCOc1ccc(-n2c(SCc3cc(=O)oc4cc(C)ccc34)nc3ccccc3c2=O)cc1. The Labute approximate surface area is 199 Å². The lowest BCUT2D eigenvalue weighted by atomic mass is 10.1. The molecule has 0 spiro atoms. The maximum Gasteiger partial charge on any atom is 0.336 e. The van der Waals surface area contributed by atoms with E-state index in [1.165, 1.54) is 17.8 Å². The molecule has 170 valence electrons. The summed E-state index contributed by atoms with van der Waals surface area (Å²) >= 11 is 1.41. The number of para-hydroxylation sites is 1. The first-order valence-electron chi connectivity index (χ1n) is 10.9. The fraction of sp³-hybridized carbons (Fsp3) is 0.148. The molecule has 0 radical (unpaired) electrons. The number of aryl methyl sites for hydroxylation is 1. The third-order valence-corrected chi connectivity index (χ3v) is 6.48. The largest absolute Gasteiger partial charge is 0.494 e. The first kappa shape index (κ1) is 22.0. The Kier molecular flexibility index (Phi) is 5.94. The minimum absolute atomic E-state index is 0.148. The monoisotopic (exact) mass is 470 g/mol. The van der Waals surface area contributed by atoms with E-state index >= 15 is 0 Å². The highest BCUT2D eigenvalue weighted by atomic mass is 32.2. The predicted molar refractivity (Wildman–Crippen MR) is 135 cm³/mol. The van der Waals surface area contributed by atoms with Crippen LogP contribution < -0.4 is 15.9 Å². The molecule has 0 saturated heterocycles. The molecule has 0 N–H and O–H groups in total. The average Bonchev–Trinajstić information content (AvgIpc) is 2.83. The van der Waals surface area contributed by atoms with Gasteiger partial charge in [-0.2, -0.15) is 0 Å². The van der Waals surface area contributed by atoms with Gasteiger partial charge >= 0.3 is 5.63 Å². The van der Waals surface area contributed by atoms with Crippen molar-refractivity contribution < 1.29 is 9.15 Å². The van der Waals surface area contributed by atoms with Crippen molar-refractivity contribution >= 4 is 33.6 Å². The van der Waals surface area contributed by atoms with Crippen molar-refractivity contribution in [3.05, 3.63) is 105 Å². The van der Waals surface area contributed by atoms with Gasteiger partial charge in [-0.1, -0.05) is 36.0 Å². The molecule has 0 aliphatic carbocycles. The highest BCUT2D eigenvalue weighted by Gasteiger charge is 2.15. The third kappa shape index (κ3) is 4.22. The lowest BCUT2D eigenvalue weighted by Crippen LogP contribution is -2.21. The van der Waals surface area contributed by atoms with E-state index in [1.807, 2.05) is 74.5 Å². The van der Waals surface area contributed by atoms with Gasteiger partial charge < -0.3 is 9.15 Å². The Morgan fingerprint density at radius 3 is 2.56 bits per heavy atom. The molecule has 7 heteroatoms. The second-order valence-corrected chi connectivity index (χ2v) is 8.80. The molecule has 2 aromatic heterocycles. The van der Waals surface area contributed by atoms with E-state index in [4.69, 9.17) is 14.1 Å². The quantitative estimate of drug-likeness (QED) is 0.186. The molecular weight excluding hydrogens is 448 g/mol. The molecule has 34 heavy (non-hydrogen) atoms. The highest BCUT2D eigenvalue weighted by Crippen LogP contribution is 2.28. The lowest BCUT2D eigenvalue weighted by Gasteiger charge is -2.14. The van der Waals surface area contributed by atoms with Crippen LogP contribution in [-0.2, 0) is 5.75 Å². The third-order valence-electron chi connectivity index (χ3n) is 5.49. The minimum Gasteiger partial charge on any atom is -0.494 e. The van der Waals surface area contributed by atoms with Gasteiger partial charge in [0.05, 0.1) is 23.2 Å². The number of fused-ring (bicyclic) bond motifs is 2. The summed E-state index contributed by atoms with van der Waals surface area (Å²) in [7, 11) is 0. The average molecular weight is 471 g/mol. The van der Waals surface area contributed by atoms with Crippen molar-refractivity contribution in [2.45, 2.75) is 24.8 Å². The van der Waals surface area contributed by atoms with Crippen LogP contribution in [0.4, 0.5) is 0 Å². The smallest absolute Gasteiger partial charge is 0.336 e. The summed E-state index contributed by atoms with van der Waals surface area (Å²) in [4.78, 5) is 30.5. The number of aromatic nitrogens is 2. The van der Waals surface area contributed by atoms with Gasteiger partial charge in [-0.25, -0.2) is 9.78 Å². The van der Waals surface area contributed by atoms with E-state index < -0.39 is 5.63 Å². The number of thioether (sulfide) groups is 1. The minimum atomic E-state index is -0.399. The number of nitrogens with zero attached hydrogens (tertiary/aromatic N) is 2. The fourth-order valence-electron chi connectivity index (χ4n) is 3.89. The molecule has 5 rings (SSSR count). The zero-order chi connectivity index (χ0) is 23.7. The van der Waals surface area contributed by atoms with Gasteiger partial charge in [0, 0.05) is 17.2 Å². The zero-order valence-electron chi connectivity index (χ0n) is 18.8. The maximum absolute atomic E-state index is 13.5. The molecule has 3 aromatic carbocycles. The predicted octanol–water partition coefficient (Wildman–Crippen LogP) is 5.49. The summed E-state index contributed by atoms with van der Waals surface area (Å²) in [5, 5.41) is 1.96. The van der Waals surface area contributed by atoms with Gasteiger partial charge in [-0.15, -0.1) is 0 Å². The number of hydrogen-bond donors (Lipinski definition) is 0. The Balaban J connectivity index is 1.61. The lowest BCUT2D eigenvalue weighted by molar-refractivity contribution is 0.340. The maximum atomic E-state index is 13.5. The van der Waals surface area contributed by atoms with E-state index in [1.54, 1.807) is 10.6 Å². The Morgan fingerprint density at radius 1 is 0.971 bits per heavy atom. The summed E-state index contributed by atoms with van der Waals surface area (Å²) in [5.74, 6) is 1.19. The van der Waals surface area contributed by atoms with Crippen molar-refractivity contribution in [3.63, 3.8) is 0 Å². The molecule has 0 amide bonds. The molecule has 5 aromatic rings. The van der Waals surface area contributed by atoms with Crippen molar-refractivity contribution in [3.8, 4) is 11.4 Å². The summed E-state index contributed by atoms with van der Waals surface area (Å²) < 4.78 is 12.5. The first-order chi connectivity index (χ1) is 16.5. The molecule has 0 unspecified atom stereocenters. The summed E-state index contributed by atoms with van der Waals surface area (Å²) in [6.45, 7) is 4.45.